The molecule has 0 amide bonds. The Labute approximate surface area is 122 Å². The van der Waals surface area contributed by atoms with Crippen LogP contribution in [-0.2, 0) is 4.79 Å². The first-order valence-corrected chi connectivity index (χ1v) is 8.18. The van der Waals surface area contributed by atoms with Crippen LogP contribution in [0.4, 0.5) is 0 Å². The van der Waals surface area contributed by atoms with Gasteiger partial charge in [-0.2, -0.15) is 0 Å². The predicted octanol–water partition coefficient (Wildman–Crippen LogP) is 2.79. The van der Waals surface area contributed by atoms with Crippen molar-refractivity contribution in [2.75, 3.05) is 7.05 Å². The van der Waals surface area contributed by atoms with Crippen molar-refractivity contribution in [3.63, 3.8) is 0 Å². The van der Waals surface area contributed by atoms with Crippen molar-refractivity contribution in [2.45, 2.75) is 88.3 Å². The maximum absolute atomic E-state index is 11.3. The van der Waals surface area contributed by atoms with Crippen LogP contribution in [0.2, 0.25) is 0 Å². The molecular formula is C16H29NO3. The molecular weight excluding hydrogens is 254 g/mol. The number of aliphatic hydroxyl groups excluding tert-OH is 1. The van der Waals surface area contributed by atoms with Crippen LogP contribution in [0.5, 0.6) is 0 Å². The van der Waals surface area contributed by atoms with Crippen LogP contribution in [0, 0.1) is 0 Å². The Hall–Kier alpha value is -0.610. The lowest BCUT2D eigenvalue weighted by Gasteiger charge is -2.48. The van der Waals surface area contributed by atoms with E-state index in [1.807, 2.05) is 7.05 Å². The Morgan fingerprint density at radius 1 is 1.10 bits per heavy atom. The molecule has 20 heavy (non-hydrogen) atoms. The Kier molecular flexibility index (Phi) is 5.44. The summed E-state index contributed by atoms with van der Waals surface area (Å²) in [5, 5.41) is 19.7. The fraction of sp³-hybridized carbons (Fsp3) is 0.938. The monoisotopic (exact) mass is 283 g/mol. The van der Waals surface area contributed by atoms with Gasteiger partial charge in [0.05, 0.1) is 12.5 Å². The number of likely N-dealkylation sites (N-methyl/N-ethyl adjacent to an activating group) is 1. The zero-order valence-corrected chi connectivity index (χ0v) is 12.7. The minimum Gasteiger partial charge on any atom is -0.481 e. The molecule has 2 fully saturated rings. The molecule has 116 valence electrons. The standard InChI is InChI=1S/C16H29NO3/c1-17(13-8-4-2-5-9-14(13)18)16(12-15(19)20)10-6-3-7-11-16/h13-14,18H,2-12H2,1H3,(H,19,20). The summed E-state index contributed by atoms with van der Waals surface area (Å²) in [5.74, 6) is -0.707. The van der Waals surface area contributed by atoms with Crippen LogP contribution < -0.4 is 0 Å². The van der Waals surface area contributed by atoms with Crippen molar-refractivity contribution in [1.82, 2.24) is 4.90 Å². The van der Waals surface area contributed by atoms with Gasteiger partial charge in [0, 0.05) is 11.6 Å². The van der Waals surface area contributed by atoms with Gasteiger partial charge in [-0.15, -0.1) is 0 Å². The summed E-state index contributed by atoms with van der Waals surface area (Å²) in [6.07, 6.45) is 10.6. The molecule has 0 aliphatic heterocycles. The first-order chi connectivity index (χ1) is 9.55. The Bertz CT molecular complexity index is 326. The number of aliphatic hydroxyl groups is 1. The quantitative estimate of drug-likeness (QED) is 0.779. The van der Waals surface area contributed by atoms with E-state index < -0.39 is 5.97 Å². The average Bonchev–Trinajstić information content (AvgIpc) is 2.63. The third-order valence-corrected chi connectivity index (χ3v) is 5.45. The summed E-state index contributed by atoms with van der Waals surface area (Å²) in [6.45, 7) is 0. The van der Waals surface area contributed by atoms with E-state index >= 15 is 0 Å². The number of hydrogen-bond donors (Lipinski definition) is 2. The summed E-state index contributed by atoms with van der Waals surface area (Å²) in [7, 11) is 2.05. The molecule has 0 spiro atoms. The number of nitrogens with zero attached hydrogens (tertiary/aromatic N) is 1. The molecule has 0 bridgehead atoms. The van der Waals surface area contributed by atoms with Gasteiger partial charge in [0.25, 0.3) is 0 Å². The number of carboxylic acids is 1. The Balaban J connectivity index is 2.15. The summed E-state index contributed by atoms with van der Waals surface area (Å²) in [4.78, 5) is 13.6. The Morgan fingerprint density at radius 2 is 1.70 bits per heavy atom. The molecule has 2 unspecified atom stereocenters. The smallest absolute Gasteiger partial charge is 0.305 e. The molecule has 0 aromatic heterocycles. The first kappa shape index (κ1) is 15.8. The second kappa shape index (κ2) is 6.90. The molecule has 0 radical (unpaired) electrons. The normalized spacial score (nSPS) is 30.9. The summed E-state index contributed by atoms with van der Waals surface area (Å²) >= 11 is 0. The highest BCUT2D eigenvalue weighted by Crippen LogP contribution is 2.39. The molecule has 4 heteroatoms. The van der Waals surface area contributed by atoms with E-state index in [2.05, 4.69) is 4.90 Å². The summed E-state index contributed by atoms with van der Waals surface area (Å²) in [6, 6.07) is 0.134. The molecule has 0 saturated heterocycles. The van der Waals surface area contributed by atoms with E-state index in [0.717, 1.165) is 51.4 Å². The molecule has 2 N–H and O–H groups in total. The van der Waals surface area contributed by atoms with Gasteiger partial charge in [-0.05, 0) is 32.7 Å². The number of aliphatic carboxylic acids is 1. The van der Waals surface area contributed by atoms with E-state index in [0.29, 0.717) is 0 Å². The van der Waals surface area contributed by atoms with Crippen molar-refractivity contribution in [2.24, 2.45) is 0 Å². The van der Waals surface area contributed by atoms with E-state index in [9.17, 15) is 15.0 Å². The molecule has 2 aliphatic rings. The Morgan fingerprint density at radius 3 is 2.35 bits per heavy atom. The zero-order chi connectivity index (χ0) is 14.6. The van der Waals surface area contributed by atoms with Gasteiger partial charge in [0.1, 0.15) is 0 Å². The molecule has 2 saturated carbocycles. The van der Waals surface area contributed by atoms with Crippen LogP contribution in [0.25, 0.3) is 0 Å². The van der Waals surface area contributed by atoms with Crippen molar-refractivity contribution in [1.29, 1.82) is 0 Å². The highest BCUT2D eigenvalue weighted by atomic mass is 16.4. The first-order valence-electron chi connectivity index (χ1n) is 8.18. The maximum Gasteiger partial charge on any atom is 0.305 e. The van der Waals surface area contributed by atoms with Gasteiger partial charge in [-0.3, -0.25) is 9.69 Å². The molecule has 4 nitrogen and oxygen atoms in total. The highest BCUT2D eigenvalue weighted by molar-refractivity contribution is 5.68. The van der Waals surface area contributed by atoms with Gasteiger partial charge >= 0.3 is 5.97 Å². The largest absolute Gasteiger partial charge is 0.481 e. The number of rotatable bonds is 4. The molecule has 2 rings (SSSR count). The van der Waals surface area contributed by atoms with E-state index in [4.69, 9.17) is 0 Å². The van der Waals surface area contributed by atoms with E-state index in [1.165, 1.54) is 12.8 Å². The van der Waals surface area contributed by atoms with Crippen molar-refractivity contribution < 1.29 is 15.0 Å². The molecule has 2 atom stereocenters. The molecule has 2 aliphatic carbocycles. The van der Waals surface area contributed by atoms with E-state index in [-0.39, 0.29) is 24.1 Å². The fourth-order valence-corrected chi connectivity index (χ4v) is 4.22. The minimum atomic E-state index is -0.707. The summed E-state index contributed by atoms with van der Waals surface area (Å²) < 4.78 is 0. The van der Waals surface area contributed by atoms with Crippen LogP contribution in [0.3, 0.4) is 0 Å². The van der Waals surface area contributed by atoms with E-state index in [1.54, 1.807) is 0 Å². The molecule has 0 aromatic carbocycles. The van der Waals surface area contributed by atoms with Crippen molar-refractivity contribution in [3.8, 4) is 0 Å². The SMILES string of the molecule is CN(C1CCCCCC1O)C1(CC(=O)O)CCCCC1. The van der Waals surface area contributed by atoms with Gasteiger partial charge < -0.3 is 10.2 Å². The minimum absolute atomic E-state index is 0.134. The number of carboxylic acid groups (broad SMARTS) is 1. The van der Waals surface area contributed by atoms with Crippen LogP contribution in [0.15, 0.2) is 0 Å². The lowest BCUT2D eigenvalue weighted by atomic mass is 9.76. The highest BCUT2D eigenvalue weighted by Gasteiger charge is 2.42. The van der Waals surface area contributed by atoms with Gasteiger partial charge in [-0.25, -0.2) is 0 Å². The van der Waals surface area contributed by atoms with Crippen LogP contribution in [-0.4, -0.2) is 45.8 Å². The maximum atomic E-state index is 11.3. The van der Waals surface area contributed by atoms with Gasteiger partial charge in [0.2, 0.25) is 0 Å². The van der Waals surface area contributed by atoms with Gasteiger partial charge in [0.15, 0.2) is 0 Å². The fourth-order valence-electron chi connectivity index (χ4n) is 4.22. The topological polar surface area (TPSA) is 60.8 Å². The lowest BCUT2D eigenvalue weighted by molar-refractivity contribution is -0.142. The predicted molar refractivity (Wildman–Crippen MR) is 78.7 cm³/mol. The second-order valence-corrected chi connectivity index (χ2v) is 6.74. The number of carbonyl (C=O) groups is 1. The second-order valence-electron chi connectivity index (χ2n) is 6.74. The molecule has 0 aromatic rings. The van der Waals surface area contributed by atoms with Crippen molar-refractivity contribution >= 4 is 5.97 Å². The third-order valence-electron chi connectivity index (χ3n) is 5.45. The number of hydrogen-bond acceptors (Lipinski definition) is 3. The third kappa shape index (κ3) is 3.53. The van der Waals surface area contributed by atoms with Gasteiger partial charge in [-0.1, -0.05) is 38.5 Å². The van der Waals surface area contributed by atoms with Crippen LogP contribution >= 0.6 is 0 Å². The average molecular weight is 283 g/mol. The lowest BCUT2D eigenvalue weighted by Crippen LogP contribution is -2.56. The van der Waals surface area contributed by atoms with Crippen LogP contribution in [0.1, 0.15) is 70.6 Å². The van der Waals surface area contributed by atoms with Crippen molar-refractivity contribution in [3.05, 3.63) is 0 Å². The summed E-state index contributed by atoms with van der Waals surface area (Å²) in [5.41, 5.74) is -0.236. The molecule has 0 heterocycles. The zero-order valence-electron chi connectivity index (χ0n) is 12.7.